The summed E-state index contributed by atoms with van der Waals surface area (Å²) in [6, 6.07) is 5.95. The molecule has 2 rings (SSSR count). The van der Waals surface area contributed by atoms with Crippen LogP contribution in [0.3, 0.4) is 0 Å². The van der Waals surface area contributed by atoms with Gasteiger partial charge in [0.05, 0.1) is 16.8 Å². The van der Waals surface area contributed by atoms with Crippen LogP contribution in [0.1, 0.15) is 0 Å². The predicted octanol–water partition coefficient (Wildman–Crippen LogP) is 0.0121. The zero-order valence-electron chi connectivity index (χ0n) is 11.3. The van der Waals surface area contributed by atoms with Gasteiger partial charge in [-0.05, 0) is 18.2 Å². The summed E-state index contributed by atoms with van der Waals surface area (Å²) in [6.07, 6.45) is 2.76. The Morgan fingerprint density at radius 1 is 1.43 bits per heavy atom. The van der Waals surface area contributed by atoms with Crippen LogP contribution in [-0.4, -0.2) is 31.2 Å². The first-order valence-electron chi connectivity index (χ1n) is 6.02. The number of anilines is 2. The average molecular weight is 309 g/mol. The number of carbonyl (C=O) groups is 1. The number of benzene rings is 1. The van der Waals surface area contributed by atoms with Crippen molar-refractivity contribution in [2.45, 2.75) is 11.4 Å². The van der Waals surface area contributed by atoms with E-state index in [0.29, 0.717) is 5.69 Å². The minimum atomic E-state index is -3.74. The van der Waals surface area contributed by atoms with Crippen LogP contribution in [0, 0.1) is 0 Å². The van der Waals surface area contributed by atoms with Crippen molar-refractivity contribution in [2.24, 2.45) is 0 Å². The molecule has 9 heteroatoms. The van der Waals surface area contributed by atoms with Crippen molar-refractivity contribution in [3.63, 3.8) is 0 Å². The number of rotatable bonds is 5. The van der Waals surface area contributed by atoms with Gasteiger partial charge in [0.25, 0.3) is 10.0 Å². The molecule has 0 fully saturated rings. The minimum absolute atomic E-state index is 0.0104. The smallest absolute Gasteiger partial charge is 0.262 e. The highest BCUT2D eigenvalue weighted by molar-refractivity contribution is 7.92. The Morgan fingerprint density at radius 2 is 2.19 bits per heavy atom. The number of aromatic nitrogens is 2. The molecule has 0 saturated carbocycles. The van der Waals surface area contributed by atoms with Crippen LogP contribution in [0.2, 0.25) is 0 Å². The number of nitrogen functional groups attached to an aromatic ring is 1. The molecule has 0 unspecified atom stereocenters. The summed E-state index contributed by atoms with van der Waals surface area (Å²) in [7, 11) is -2.23. The topological polar surface area (TPSA) is 119 Å². The van der Waals surface area contributed by atoms with Gasteiger partial charge in [-0.25, -0.2) is 8.42 Å². The van der Waals surface area contributed by atoms with Crippen molar-refractivity contribution in [3.05, 3.63) is 36.7 Å². The van der Waals surface area contributed by atoms with Gasteiger partial charge >= 0.3 is 0 Å². The summed E-state index contributed by atoms with van der Waals surface area (Å²) in [5.41, 5.74) is 6.19. The lowest BCUT2D eigenvalue weighted by molar-refractivity contribution is -0.121. The van der Waals surface area contributed by atoms with Gasteiger partial charge in [0.2, 0.25) is 5.91 Å². The van der Waals surface area contributed by atoms with Crippen molar-refractivity contribution in [1.82, 2.24) is 15.1 Å². The number of nitrogens with one attached hydrogen (secondary N) is 2. The van der Waals surface area contributed by atoms with Crippen LogP contribution in [0.15, 0.2) is 41.6 Å². The van der Waals surface area contributed by atoms with Crippen molar-refractivity contribution < 1.29 is 13.2 Å². The van der Waals surface area contributed by atoms with E-state index in [4.69, 9.17) is 5.73 Å². The van der Waals surface area contributed by atoms with Gasteiger partial charge in [0.1, 0.15) is 6.54 Å². The third kappa shape index (κ3) is 3.72. The van der Waals surface area contributed by atoms with E-state index < -0.39 is 10.0 Å². The molecular weight excluding hydrogens is 294 g/mol. The third-order valence-electron chi connectivity index (χ3n) is 2.64. The van der Waals surface area contributed by atoms with Gasteiger partial charge in [0.15, 0.2) is 0 Å². The molecule has 0 atom stereocenters. The molecule has 4 N–H and O–H groups in total. The van der Waals surface area contributed by atoms with E-state index in [1.54, 1.807) is 12.1 Å². The molecule has 1 aromatic heterocycles. The molecule has 0 bridgehead atoms. The van der Waals surface area contributed by atoms with Crippen LogP contribution < -0.4 is 15.8 Å². The zero-order valence-corrected chi connectivity index (χ0v) is 12.1. The fourth-order valence-corrected chi connectivity index (χ4v) is 2.71. The molecule has 1 aromatic carbocycles. The van der Waals surface area contributed by atoms with Gasteiger partial charge in [0, 0.05) is 18.9 Å². The van der Waals surface area contributed by atoms with Gasteiger partial charge in [-0.3, -0.25) is 14.2 Å². The second kappa shape index (κ2) is 5.83. The number of nitrogens with two attached hydrogens (primary N) is 1. The lowest BCUT2D eigenvalue weighted by Crippen LogP contribution is -2.23. The maximum atomic E-state index is 12.2. The van der Waals surface area contributed by atoms with E-state index in [1.807, 2.05) is 0 Å². The third-order valence-corrected chi connectivity index (χ3v) is 4.02. The highest BCUT2D eigenvalue weighted by Crippen LogP contribution is 2.17. The van der Waals surface area contributed by atoms with E-state index in [-0.39, 0.29) is 23.0 Å². The maximum Gasteiger partial charge on any atom is 0.262 e. The number of hydrogen-bond donors (Lipinski definition) is 3. The molecule has 1 amide bonds. The molecule has 1 heterocycles. The highest BCUT2D eigenvalue weighted by atomic mass is 32.2. The summed E-state index contributed by atoms with van der Waals surface area (Å²) >= 11 is 0. The quantitative estimate of drug-likeness (QED) is 0.672. The lowest BCUT2D eigenvalue weighted by atomic mass is 10.3. The fraction of sp³-hybridized carbons (Fsp3) is 0.167. The maximum absolute atomic E-state index is 12.2. The van der Waals surface area contributed by atoms with E-state index in [1.165, 1.54) is 36.3 Å². The predicted molar refractivity (Wildman–Crippen MR) is 78.0 cm³/mol. The molecule has 0 spiro atoms. The van der Waals surface area contributed by atoms with Crippen LogP contribution in [-0.2, 0) is 21.4 Å². The van der Waals surface area contributed by atoms with Crippen LogP contribution >= 0.6 is 0 Å². The fourth-order valence-electron chi connectivity index (χ4n) is 1.62. The molecule has 0 aliphatic rings. The molecule has 21 heavy (non-hydrogen) atoms. The molecule has 0 aliphatic heterocycles. The summed E-state index contributed by atoms with van der Waals surface area (Å²) in [4.78, 5) is 11.3. The first-order valence-corrected chi connectivity index (χ1v) is 7.50. The average Bonchev–Trinajstić information content (AvgIpc) is 2.85. The van der Waals surface area contributed by atoms with Crippen molar-refractivity contribution >= 4 is 27.3 Å². The number of nitrogens with zero attached hydrogens (tertiary/aromatic N) is 2. The summed E-state index contributed by atoms with van der Waals surface area (Å²) in [5.74, 6) is -0.233. The van der Waals surface area contributed by atoms with Crippen molar-refractivity contribution in [1.29, 1.82) is 0 Å². The van der Waals surface area contributed by atoms with E-state index in [9.17, 15) is 13.2 Å². The Balaban J connectivity index is 2.16. The number of amides is 1. The number of likely N-dealkylation sites (N-methyl/N-ethyl adjacent to an activating group) is 1. The van der Waals surface area contributed by atoms with Gasteiger partial charge < -0.3 is 11.1 Å². The van der Waals surface area contributed by atoms with E-state index in [0.717, 1.165) is 0 Å². The molecule has 2 aromatic rings. The van der Waals surface area contributed by atoms with Crippen molar-refractivity contribution in [2.75, 3.05) is 17.5 Å². The second-order valence-electron chi connectivity index (χ2n) is 4.28. The molecule has 0 aliphatic carbocycles. The number of hydrogen-bond acceptors (Lipinski definition) is 5. The molecule has 0 saturated heterocycles. The van der Waals surface area contributed by atoms with E-state index >= 15 is 0 Å². The Hall–Kier alpha value is -2.55. The highest BCUT2D eigenvalue weighted by Gasteiger charge is 2.15. The molecule has 0 radical (unpaired) electrons. The SMILES string of the molecule is CNC(=O)Cn1cc(NS(=O)(=O)c2cccc(N)c2)cn1. The second-order valence-corrected chi connectivity index (χ2v) is 5.96. The van der Waals surface area contributed by atoms with Gasteiger partial charge in [-0.2, -0.15) is 5.10 Å². The first-order chi connectivity index (χ1) is 9.90. The Bertz CT molecular complexity index is 754. The van der Waals surface area contributed by atoms with E-state index in [2.05, 4.69) is 15.1 Å². The number of sulfonamides is 1. The monoisotopic (exact) mass is 309 g/mol. The molecule has 112 valence electrons. The van der Waals surface area contributed by atoms with Crippen molar-refractivity contribution in [3.8, 4) is 0 Å². The van der Waals surface area contributed by atoms with Gasteiger partial charge in [-0.1, -0.05) is 6.07 Å². The van der Waals surface area contributed by atoms with Gasteiger partial charge in [-0.15, -0.1) is 0 Å². The van der Waals surface area contributed by atoms with Crippen LogP contribution in [0.25, 0.3) is 0 Å². The first kappa shape index (κ1) is 14.9. The standard InChI is InChI=1S/C12H15N5O3S/c1-14-12(18)8-17-7-10(6-15-17)16-21(19,20)11-4-2-3-9(13)5-11/h2-7,16H,8,13H2,1H3,(H,14,18). The summed E-state index contributed by atoms with van der Waals surface area (Å²) in [6.45, 7) is 0.0104. The Morgan fingerprint density at radius 3 is 2.86 bits per heavy atom. The summed E-state index contributed by atoms with van der Waals surface area (Å²) < 4.78 is 28.0. The van der Waals surface area contributed by atoms with Crippen LogP contribution in [0.5, 0.6) is 0 Å². The summed E-state index contributed by atoms with van der Waals surface area (Å²) in [5, 5.41) is 6.35. The lowest BCUT2D eigenvalue weighted by Gasteiger charge is -2.06. The minimum Gasteiger partial charge on any atom is -0.399 e. The molecular formula is C12H15N5O3S. The zero-order chi connectivity index (χ0) is 15.5. The largest absolute Gasteiger partial charge is 0.399 e. The normalized spacial score (nSPS) is 11.1. The number of carbonyl (C=O) groups excluding carboxylic acids is 1. The Kier molecular flexibility index (Phi) is 4.13. The Labute approximate surface area is 122 Å². The molecule has 8 nitrogen and oxygen atoms in total. The van der Waals surface area contributed by atoms with Crippen LogP contribution in [0.4, 0.5) is 11.4 Å².